The molecule has 1 aromatic heterocycles. The standard InChI is InChI=1S/C29H23Cl2NO6/c1-36-28(34)24-16-23(19-8-12-21(30)13-9-19)25(32(24)17-18-6-4-3-5-7-18)26(29(35)37-2)38-27(33)20-10-14-22(31)15-11-20/h3-16,26H,17H2,1-2H3. The highest BCUT2D eigenvalue weighted by atomic mass is 35.5. The van der Waals surface area contributed by atoms with Crippen LogP contribution in [0.1, 0.15) is 38.2 Å². The molecular formula is C29H23Cl2NO6. The average molecular weight is 552 g/mol. The summed E-state index contributed by atoms with van der Waals surface area (Å²) in [5.41, 5.74) is 2.53. The number of halogens is 2. The molecule has 0 fully saturated rings. The Morgan fingerprint density at radius 1 is 0.789 bits per heavy atom. The summed E-state index contributed by atoms with van der Waals surface area (Å²) in [6.07, 6.45) is -1.52. The van der Waals surface area contributed by atoms with Gasteiger partial charge in [-0.25, -0.2) is 14.4 Å². The summed E-state index contributed by atoms with van der Waals surface area (Å²) >= 11 is 12.1. The molecule has 4 rings (SSSR count). The first-order valence-electron chi connectivity index (χ1n) is 11.5. The molecule has 1 unspecified atom stereocenters. The number of benzene rings is 3. The van der Waals surface area contributed by atoms with Gasteiger partial charge in [-0.05, 0) is 53.6 Å². The third kappa shape index (κ3) is 5.90. The summed E-state index contributed by atoms with van der Waals surface area (Å²) in [4.78, 5) is 39.2. The van der Waals surface area contributed by atoms with Gasteiger partial charge in [0, 0.05) is 22.2 Å². The highest BCUT2D eigenvalue weighted by Gasteiger charge is 2.35. The van der Waals surface area contributed by atoms with E-state index in [-0.39, 0.29) is 23.5 Å². The Balaban J connectivity index is 1.93. The van der Waals surface area contributed by atoms with Crippen molar-refractivity contribution in [2.45, 2.75) is 12.6 Å². The van der Waals surface area contributed by atoms with Crippen LogP contribution < -0.4 is 0 Å². The number of methoxy groups -OCH3 is 2. The Labute approximate surface area is 229 Å². The van der Waals surface area contributed by atoms with Crippen LogP contribution in [0.3, 0.4) is 0 Å². The van der Waals surface area contributed by atoms with E-state index in [1.807, 2.05) is 30.3 Å². The van der Waals surface area contributed by atoms with Gasteiger partial charge in [0.15, 0.2) is 0 Å². The van der Waals surface area contributed by atoms with Crippen molar-refractivity contribution in [2.24, 2.45) is 0 Å². The molecule has 0 aliphatic carbocycles. The van der Waals surface area contributed by atoms with Crippen LogP contribution in [0.2, 0.25) is 10.0 Å². The van der Waals surface area contributed by atoms with E-state index < -0.39 is 24.0 Å². The molecule has 0 aliphatic heterocycles. The van der Waals surface area contributed by atoms with E-state index in [4.69, 9.17) is 37.4 Å². The van der Waals surface area contributed by atoms with Gasteiger partial charge >= 0.3 is 17.9 Å². The van der Waals surface area contributed by atoms with Crippen molar-refractivity contribution in [1.82, 2.24) is 4.57 Å². The minimum absolute atomic E-state index is 0.160. The molecule has 0 radical (unpaired) electrons. The lowest BCUT2D eigenvalue weighted by Crippen LogP contribution is -2.25. The molecule has 0 spiro atoms. The van der Waals surface area contributed by atoms with E-state index in [0.717, 1.165) is 5.56 Å². The van der Waals surface area contributed by atoms with Gasteiger partial charge in [0.05, 0.1) is 25.5 Å². The zero-order valence-electron chi connectivity index (χ0n) is 20.5. The maximum atomic E-state index is 13.2. The molecule has 4 aromatic rings. The average Bonchev–Trinajstić information content (AvgIpc) is 3.30. The van der Waals surface area contributed by atoms with Crippen LogP contribution in [0.4, 0.5) is 0 Å². The SMILES string of the molecule is COC(=O)c1cc(-c2ccc(Cl)cc2)c(C(OC(=O)c2ccc(Cl)cc2)C(=O)OC)n1Cc1ccccc1. The normalized spacial score (nSPS) is 11.5. The molecule has 0 aliphatic rings. The van der Waals surface area contributed by atoms with Crippen LogP contribution in [-0.4, -0.2) is 36.7 Å². The topological polar surface area (TPSA) is 83.8 Å². The second-order valence-corrected chi connectivity index (χ2v) is 9.09. The van der Waals surface area contributed by atoms with Crippen LogP contribution >= 0.6 is 23.2 Å². The molecule has 7 nitrogen and oxygen atoms in total. The van der Waals surface area contributed by atoms with Gasteiger partial charge in [0.1, 0.15) is 5.69 Å². The highest BCUT2D eigenvalue weighted by Crippen LogP contribution is 2.36. The van der Waals surface area contributed by atoms with Gasteiger partial charge in [-0.3, -0.25) is 0 Å². The van der Waals surface area contributed by atoms with E-state index in [9.17, 15) is 14.4 Å². The predicted molar refractivity (Wildman–Crippen MR) is 143 cm³/mol. The second-order valence-electron chi connectivity index (χ2n) is 8.21. The molecule has 1 heterocycles. The summed E-state index contributed by atoms with van der Waals surface area (Å²) in [6, 6.07) is 23.8. The Bertz CT molecular complexity index is 1450. The van der Waals surface area contributed by atoms with Crippen molar-refractivity contribution in [3.63, 3.8) is 0 Å². The lowest BCUT2D eigenvalue weighted by molar-refractivity contribution is -0.151. The maximum absolute atomic E-state index is 13.2. The largest absolute Gasteiger partial charge is 0.466 e. The Morgan fingerprint density at radius 3 is 1.97 bits per heavy atom. The molecular weight excluding hydrogens is 529 g/mol. The fourth-order valence-electron chi connectivity index (χ4n) is 4.00. The second kappa shape index (κ2) is 12.0. The molecule has 0 saturated carbocycles. The van der Waals surface area contributed by atoms with Crippen LogP contribution in [0, 0.1) is 0 Å². The van der Waals surface area contributed by atoms with Crippen LogP contribution in [0.5, 0.6) is 0 Å². The Morgan fingerprint density at radius 2 is 1.39 bits per heavy atom. The fraction of sp³-hybridized carbons (Fsp3) is 0.138. The summed E-state index contributed by atoms with van der Waals surface area (Å²) in [7, 11) is 2.46. The summed E-state index contributed by atoms with van der Waals surface area (Å²) < 4.78 is 17.4. The molecule has 0 saturated heterocycles. The molecule has 0 amide bonds. The molecule has 0 bridgehead atoms. The number of rotatable bonds is 8. The Kier molecular flexibility index (Phi) is 8.51. The summed E-state index contributed by atoms with van der Waals surface area (Å²) in [5, 5.41) is 0.946. The first kappa shape index (κ1) is 27.0. The van der Waals surface area contributed by atoms with Gasteiger partial charge in [-0.1, -0.05) is 65.7 Å². The first-order valence-corrected chi connectivity index (χ1v) is 12.2. The number of carbonyl (C=O) groups is 3. The maximum Gasteiger partial charge on any atom is 0.354 e. The lowest BCUT2D eigenvalue weighted by Gasteiger charge is -2.21. The van der Waals surface area contributed by atoms with Gasteiger partial charge < -0.3 is 18.8 Å². The number of hydrogen-bond acceptors (Lipinski definition) is 6. The first-order chi connectivity index (χ1) is 18.3. The summed E-state index contributed by atoms with van der Waals surface area (Å²) in [6.45, 7) is 0.181. The zero-order valence-corrected chi connectivity index (χ0v) is 22.0. The van der Waals surface area contributed by atoms with E-state index in [1.54, 1.807) is 34.9 Å². The van der Waals surface area contributed by atoms with Gasteiger partial charge in [-0.2, -0.15) is 0 Å². The molecule has 38 heavy (non-hydrogen) atoms. The molecule has 9 heteroatoms. The smallest absolute Gasteiger partial charge is 0.354 e. The quantitative estimate of drug-likeness (QED) is 0.187. The molecule has 194 valence electrons. The predicted octanol–water partition coefficient (Wildman–Crippen LogP) is 6.37. The third-order valence-electron chi connectivity index (χ3n) is 5.84. The van der Waals surface area contributed by atoms with Crippen molar-refractivity contribution >= 4 is 41.1 Å². The van der Waals surface area contributed by atoms with Crippen LogP contribution in [0.15, 0.2) is 84.9 Å². The highest BCUT2D eigenvalue weighted by molar-refractivity contribution is 6.31. The Hall–Kier alpha value is -4.07. The number of nitrogens with zero attached hydrogens (tertiary/aromatic N) is 1. The zero-order chi connectivity index (χ0) is 27.2. The van der Waals surface area contributed by atoms with Crippen molar-refractivity contribution in [3.05, 3.63) is 117 Å². The van der Waals surface area contributed by atoms with E-state index in [0.29, 0.717) is 21.2 Å². The monoisotopic (exact) mass is 551 g/mol. The number of carbonyl (C=O) groups excluding carboxylic acids is 3. The van der Waals surface area contributed by atoms with Gasteiger partial charge in [-0.15, -0.1) is 0 Å². The fourth-order valence-corrected chi connectivity index (χ4v) is 4.25. The molecule has 1 atom stereocenters. The summed E-state index contributed by atoms with van der Waals surface area (Å²) in [5.74, 6) is -2.23. The van der Waals surface area contributed by atoms with Crippen LogP contribution in [0.25, 0.3) is 11.1 Å². The van der Waals surface area contributed by atoms with Crippen molar-refractivity contribution in [3.8, 4) is 11.1 Å². The number of hydrogen-bond donors (Lipinski definition) is 0. The number of esters is 3. The van der Waals surface area contributed by atoms with Crippen LogP contribution in [-0.2, 0) is 25.5 Å². The molecule has 3 aromatic carbocycles. The lowest BCUT2D eigenvalue weighted by atomic mass is 10.0. The van der Waals surface area contributed by atoms with Gasteiger partial charge in [0.25, 0.3) is 0 Å². The van der Waals surface area contributed by atoms with E-state index >= 15 is 0 Å². The number of aromatic nitrogens is 1. The van der Waals surface area contributed by atoms with Crippen molar-refractivity contribution in [2.75, 3.05) is 14.2 Å². The van der Waals surface area contributed by atoms with E-state index in [1.165, 1.54) is 38.5 Å². The van der Waals surface area contributed by atoms with Gasteiger partial charge in [0.2, 0.25) is 6.10 Å². The van der Waals surface area contributed by atoms with Crippen molar-refractivity contribution < 1.29 is 28.6 Å². The third-order valence-corrected chi connectivity index (χ3v) is 6.34. The molecule has 0 N–H and O–H groups in total. The van der Waals surface area contributed by atoms with E-state index in [2.05, 4.69) is 0 Å². The van der Waals surface area contributed by atoms with Crippen molar-refractivity contribution in [1.29, 1.82) is 0 Å². The number of ether oxygens (including phenoxy) is 3. The minimum Gasteiger partial charge on any atom is -0.466 e. The minimum atomic E-state index is -1.52.